The molecule has 144 valence electrons. The highest BCUT2D eigenvalue weighted by Crippen LogP contribution is 2.19. The molecular formula is C23H25N3OS. The molecule has 0 unspecified atom stereocenters. The van der Waals surface area contributed by atoms with Crippen LogP contribution >= 0.6 is 11.8 Å². The van der Waals surface area contributed by atoms with Crippen molar-refractivity contribution >= 4 is 23.3 Å². The number of methoxy groups -OCH3 is 1. The lowest BCUT2D eigenvalue weighted by atomic mass is 10.3. The second-order valence-corrected chi connectivity index (χ2v) is 7.23. The number of hydrogen-bond donors (Lipinski definition) is 0. The Hall–Kier alpha value is -2.68. The third-order valence-electron chi connectivity index (χ3n) is 4.44. The van der Waals surface area contributed by atoms with Crippen LogP contribution < -0.4 is 4.74 Å². The maximum atomic E-state index is 5.24. The zero-order valence-electron chi connectivity index (χ0n) is 16.2. The second-order valence-electron chi connectivity index (χ2n) is 6.35. The molecule has 0 amide bonds. The van der Waals surface area contributed by atoms with Crippen LogP contribution in [0.4, 0.5) is 5.69 Å². The summed E-state index contributed by atoms with van der Waals surface area (Å²) in [5, 5.41) is 3.22. The Bertz CT molecular complexity index is 845. The minimum absolute atomic E-state index is 0.812. The normalized spacial score (nSPS) is 14.9. The third kappa shape index (κ3) is 5.91. The molecule has 1 aliphatic heterocycles. The van der Waals surface area contributed by atoms with Gasteiger partial charge in [-0.25, -0.2) is 4.99 Å². The lowest BCUT2D eigenvalue weighted by Crippen LogP contribution is -2.48. The van der Waals surface area contributed by atoms with Crippen molar-refractivity contribution < 1.29 is 4.74 Å². The Labute approximate surface area is 171 Å². The maximum Gasteiger partial charge on any atom is 0.182 e. The fraction of sp³-hybridized carbons (Fsp3) is 0.261. The quantitative estimate of drug-likeness (QED) is 0.250. The summed E-state index contributed by atoms with van der Waals surface area (Å²) < 4.78 is 5.24. The van der Waals surface area contributed by atoms with Crippen LogP contribution in [0.2, 0.25) is 0 Å². The predicted molar refractivity (Wildman–Crippen MR) is 118 cm³/mol. The summed E-state index contributed by atoms with van der Waals surface area (Å²) in [5.41, 5.74) is 0.878. The average Bonchev–Trinajstić information content (AvgIpc) is 2.75. The molecule has 1 saturated heterocycles. The summed E-state index contributed by atoms with van der Waals surface area (Å²) in [4.78, 5) is 10.6. The van der Waals surface area contributed by atoms with Gasteiger partial charge in [0, 0.05) is 37.6 Å². The molecule has 0 spiro atoms. The first kappa shape index (κ1) is 20.1. The van der Waals surface area contributed by atoms with Gasteiger partial charge in [0.1, 0.15) is 5.75 Å². The van der Waals surface area contributed by atoms with Gasteiger partial charge in [-0.1, -0.05) is 24.3 Å². The van der Waals surface area contributed by atoms with E-state index >= 15 is 0 Å². The number of thioether (sulfide) groups is 1. The van der Waals surface area contributed by atoms with Crippen molar-refractivity contribution in [2.45, 2.75) is 4.90 Å². The summed E-state index contributed by atoms with van der Waals surface area (Å²) in [7, 11) is 1.67. The van der Waals surface area contributed by atoms with Gasteiger partial charge >= 0.3 is 0 Å². The molecule has 4 nitrogen and oxygen atoms in total. The van der Waals surface area contributed by atoms with Crippen molar-refractivity contribution in [3.63, 3.8) is 0 Å². The van der Waals surface area contributed by atoms with Gasteiger partial charge in [0.25, 0.3) is 0 Å². The lowest BCUT2D eigenvalue weighted by Gasteiger charge is -2.34. The standard InChI is InChI=1S/C23H25N3OS/c1-3-14-25-15-17-26(18-16-25)23(13-19-28-22-7-5-4-6-8-22)24-20-9-11-21(27-2)12-10-20/h3-12H,1,14-18H2,2H3. The first-order valence-corrected chi connectivity index (χ1v) is 10.1. The topological polar surface area (TPSA) is 28.1 Å². The van der Waals surface area contributed by atoms with Gasteiger partial charge in [-0.3, -0.25) is 4.90 Å². The molecule has 2 aromatic rings. The van der Waals surface area contributed by atoms with Crippen LogP contribution in [0, 0.1) is 11.2 Å². The molecule has 3 rings (SSSR count). The van der Waals surface area contributed by atoms with Gasteiger partial charge in [-0.05, 0) is 59.3 Å². The van der Waals surface area contributed by atoms with Crippen molar-refractivity contribution in [3.05, 3.63) is 67.3 Å². The van der Waals surface area contributed by atoms with E-state index in [0.29, 0.717) is 0 Å². The summed E-state index contributed by atoms with van der Waals surface area (Å²) in [6.07, 6.45) is 1.96. The van der Waals surface area contributed by atoms with Gasteiger partial charge in [0.15, 0.2) is 5.84 Å². The first-order chi connectivity index (χ1) is 13.8. The number of amidine groups is 1. The van der Waals surface area contributed by atoms with Crippen LogP contribution in [0.3, 0.4) is 0 Å². The molecule has 2 aromatic carbocycles. The van der Waals surface area contributed by atoms with Crippen LogP contribution in [-0.4, -0.2) is 55.5 Å². The molecule has 1 aliphatic rings. The Kier molecular flexibility index (Phi) is 7.60. The number of rotatable bonds is 5. The molecule has 0 aliphatic carbocycles. The van der Waals surface area contributed by atoms with Crippen molar-refractivity contribution in [3.8, 4) is 16.9 Å². The van der Waals surface area contributed by atoms with Gasteiger partial charge in [-0.15, -0.1) is 6.58 Å². The summed E-state index contributed by atoms with van der Waals surface area (Å²) >= 11 is 1.53. The monoisotopic (exact) mass is 391 g/mol. The summed E-state index contributed by atoms with van der Waals surface area (Å²) in [5.74, 6) is 4.92. The molecular weight excluding hydrogens is 366 g/mol. The van der Waals surface area contributed by atoms with Crippen LogP contribution in [-0.2, 0) is 0 Å². The van der Waals surface area contributed by atoms with Crippen LogP contribution in [0.5, 0.6) is 5.75 Å². The van der Waals surface area contributed by atoms with Crippen molar-refractivity contribution in [1.29, 1.82) is 0 Å². The Morgan fingerprint density at radius 1 is 1.11 bits per heavy atom. The van der Waals surface area contributed by atoms with E-state index in [2.05, 4.69) is 39.7 Å². The maximum absolute atomic E-state index is 5.24. The van der Waals surface area contributed by atoms with Crippen LogP contribution in [0.15, 0.2) is 77.1 Å². The first-order valence-electron chi connectivity index (χ1n) is 9.32. The van der Waals surface area contributed by atoms with E-state index in [9.17, 15) is 0 Å². The molecule has 0 atom stereocenters. The number of piperazine rings is 1. The van der Waals surface area contributed by atoms with Gasteiger partial charge in [-0.2, -0.15) is 0 Å². The summed E-state index contributed by atoms with van der Waals surface area (Å²) in [6, 6.07) is 17.9. The second kappa shape index (κ2) is 10.6. The summed E-state index contributed by atoms with van der Waals surface area (Å²) in [6.45, 7) is 8.55. The minimum atomic E-state index is 0.812. The molecule has 0 saturated carbocycles. The SMILES string of the molecule is C=CCN1CCN(C(C#CSc2ccccc2)=Nc2ccc(OC)cc2)CC1. The number of nitrogens with zero attached hydrogens (tertiary/aromatic N) is 3. The zero-order valence-corrected chi connectivity index (χ0v) is 17.0. The highest BCUT2D eigenvalue weighted by Gasteiger charge is 2.18. The molecule has 1 heterocycles. The largest absolute Gasteiger partial charge is 0.497 e. The molecule has 0 bridgehead atoms. The van der Waals surface area contributed by atoms with Gasteiger partial charge in [0.2, 0.25) is 0 Å². The van der Waals surface area contributed by atoms with E-state index in [4.69, 9.17) is 9.73 Å². The van der Waals surface area contributed by atoms with Gasteiger partial charge in [0.05, 0.1) is 12.8 Å². The number of ether oxygens (including phenoxy) is 1. The molecule has 0 N–H and O–H groups in total. The number of aliphatic imine (C=N–C) groups is 1. The Morgan fingerprint density at radius 3 is 2.46 bits per heavy atom. The number of benzene rings is 2. The minimum Gasteiger partial charge on any atom is -0.497 e. The van der Waals surface area contributed by atoms with E-state index in [-0.39, 0.29) is 0 Å². The Morgan fingerprint density at radius 2 is 1.82 bits per heavy atom. The van der Waals surface area contributed by atoms with E-state index in [0.717, 1.165) is 54.9 Å². The molecule has 1 fully saturated rings. The van der Waals surface area contributed by atoms with Gasteiger partial charge < -0.3 is 9.64 Å². The van der Waals surface area contributed by atoms with Crippen molar-refractivity contribution in [2.75, 3.05) is 39.8 Å². The van der Waals surface area contributed by atoms with E-state index < -0.39 is 0 Å². The molecule has 28 heavy (non-hydrogen) atoms. The van der Waals surface area contributed by atoms with Crippen molar-refractivity contribution in [1.82, 2.24) is 9.80 Å². The van der Waals surface area contributed by atoms with E-state index in [1.54, 1.807) is 7.11 Å². The predicted octanol–water partition coefficient (Wildman–Crippen LogP) is 4.28. The highest BCUT2D eigenvalue weighted by atomic mass is 32.2. The number of hydrogen-bond acceptors (Lipinski definition) is 4. The van der Waals surface area contributed by atoms with Crippen molar-refractivity contribution in [2.24, 2.45) is 4.99 Å². The third-order valence-corrected chi connectivity index (χ3v) is 5.15. The van der Waals surface area contributed by atoms with E-state index in [1.807, 2.05) is 48.5 Å². The smallest absolute Gasteiger partial charge is 0.182 e. The fourth-order valence-electron chi connectivity index (χ4n) is 2.90. The molecule has 5 heteroatoms. The lowest BCUT2D eigenvalue weighted by molar-refractivity contribution is 0.199. The molecule has 0 radical (unpaired) electrons. The van der Waals surface area contributed by atoms with Crippen LogP contribution in [0.1, 0.15) is 0 Å². The zero-order chi connectivity index (χ0) is 19.6. The van der Waals surface area contributed by atoms with Crippen LogP contribution in [0.25, 0.3) is 0 Å². The Balaban J connectivity index is 1.77. The fourth-order valence-corrected chi connectivity index (χ4v) is 3.45. The van der Waals surface area contributed by atoms with E-state index in [1.165, 1.54) is 11.8 Å². The molecule has 0 aromatic heterocycles. The average molecular weight is 392 g/mol. The highest BCUT2D eigenvalue weighted by molar-refractivity contribution is 8.04.